The van der Waals surface area contributed by atoms with E-state index in [1.54, 1.807) is 60.3 Å². The number of pyridine rings is 1. The van der Waals surface area contributed by atoms with Crippen LogP contribution >= 0.6 is 11.6 Å². The van der Waals surface area contributed by atoms with Crippen molar-refractivity contribution in [3.8, 4) is 17.1 Å². The zero-order valence-electron chi connectivity index (χ0n) is 15.2. The molecular formula is C21H15ClF3N3O. The van der Waals surface area contributed by atoms with Gasteiger partial charge in [0.25, 0.3) is 0 Å². The lowest BCUT2D eigenvalue weighted by Gasteiger charge is -2.12. The smallest absolute Gasteiger partial charge is 0.389 e. The Morgan fingerprint density at radius 3 is 2.28 bits per heavy atom. The Kier molecular flexibility index (Phi) is 4.80. The predicted molar refractivity (Wildman–Crippen MR) is 105 cm³/mol. The monoisotopic (exact) mass is 417 g/mol. The van der Waals surface area contributed by atoms with E-state index in [2.05, 4.69) is 9.97 Å². The second-order valence-corrected chi connectivity index (χ2v) is 7.00. The van der Waals surface area contributed by atoms with Crippen molar-refractivity contribution in [2.75, 3.05) is 0 Å². The fraction of sp³-hybridized carbons (Fsp3) is 0.143. The van der Waals surface area contributed by atoms with Gasteiger partial charge in [-0.3, -0.25) is 9.55 Å². The highest BCUT2D eigenvalue weighted by Gasteiger charge is 2.34. The van der Waals surface area contributed by atoms with Gasteiger partial charge in [0, 0.05) is 23.6 Å². The van der Waals surface area contributed by atoms with Gasteiger partial charge in [0.15, 0.2) is 0 Å². The Hall–Kier alpha value is -2.90. The van der Waals surface area contributed by atoms with E-state index in [0.29, 0.717) is 22.6 Å². The van der Waals surface area contributed by atoms with Gasteiger partial charge in [0.1, 0.15) is 5.82 Å². The zero-order valence-corrected chi connectivity index (χ0v) is 15.9. The molecule has 4 nitrogen and oxygen atoms in total. The summed E-state index contributed by atoms with van der Waals surface area (Å²) in [5, 5.41) is 9.35. The lowest BCUT2D eigenvalue weighted by Crippen LogP contribution is -2.06. The first-order chi connectivity index (χ1) is 13.8. The van der Waals surface area contributed by atoms with E-state index < -0.39 is 22.9 Å². The average molecular weight is 418 g/mol. The minimum atomic E-state index is -4.58. The lowest BCUT2D eigenvalue weighted by molar-refractivity contribution is -0.137. The maximum atomic E-state index is 13.3. The molecule has 0 bridgehead atoms. The normalized spacial score (nSPS) is 13.0. The molecule has 29 heavy (non-hydrogen) atoms. The molecule has 0 aliphatic rings. The number of nitrogens with zero attached hydrogens (tertiary/aromatic N) is 3. The molecule has 0 aliphatic heterocycles. The summed E-state index contributed by atoms with van der Waals surface area (Å²) in [4.78, 5) is 8.44. The number of rotatable bonds is 3. The Bertz CT molecular complexity index is 1170. The van der Waals surface area contributed by atoms with E-state index in [-0.39, 0.29) is 5.52 Å². The topological polar surface area (TPSA) is 50.9 Å². The SMILES string of the molecule is CC(O)c1ccc(-n2c(-c3ccncc3)nc3cc(C(F)(F)F)c(Cl)cc32)cc1. The van der Waals surface area contributed by atoms with E-state index in [0.717, 1.165) is 11.6 Å². The Labute approximate surface area is 169 Å². The molecule has 0 spiro atoms. The van der Waals surface area contributed by atoms with Crippen molar-refractivity contribution < 1.29 is 18.3 Å². The fourth-order valence-electron chi connectivity index (χ4n) is 3.17. The van der Waals surface area contributed by atoms with Gasteiger partial charge < -0.3 is 5.11 Å². The Morgan fingerprint density at radius 2 is 1.69 bits per heavy atom. The van der Waals surface area contributed by atoms with Crippen molar-refractivity contribution in [2.24, 2.45) is 0 Å². The van der Waals surface area contributed by atoms with Gasteiger partial charge >= 0.3 is 6.18 Å². The number of benzene rings is 2. The number of alkyl halides is 3. The highest BCUT2D eigenvalue weighted by Crippen LogP contribution is 2.39. The molecular weight excluding hydrogens is 403 g/mol. The van der Waals surface area contributed by atoms with E-state index in [1.807, 2.05) is 0 Å². The number of halogens is 4. The zero-order chi connectivity index (χ0) is 20.8. The number of imidazole rings is 1. The summed E-state index contributed by atoms with van der Waals surface area (Å²) in [6, 6.07) is 12.8. The summed E-state index contributed by atoms with van der Waals surface area (Å²) in [6.45, 7) is 1.66. The van der Waals surface area contributed by atoms with Crippen LogP contribution in [-0.4, -0.2) is 19.6 Å². The number of hydrogen-bond acceptors (Lipinski definition) is 3. The third-order valence-electron chi connectivity index (χ3n) is 4.62. The van der Waals surface area contributed by atoms with Crippen molar-refractivity contribution in [3.05, 3.63) is 77.1 Å². The summed E-state index contributed by atoms with van der Waals surface area (Å²) in [5.41, 5.74) is 1.79. The predicted octanol–water partition coefficient (Wildman–Crippen LogP) is 5.81. The molecule has 4 aromatic rings. The van der Waals surface area contributed by atoms with Crippen molar-refractivity contribution in [1.82, 2.24) is 14.5 Å². The van der Waals surface area contributed by atoms with Crippen LogP contribution < -0.4 is 0 Å². The second kappa shape index (κ2) is 7.17. The van der Waals surface area contributed by atoms with Gasteiger partial charge in [-0.15, -0.1) is 0 Å². The molecule has 148 valence electrons. The molecule has 1 unspecified atom stereocenters. The summed E-state index contributed by atoms with van der Waals surface area (Å²) in [6.07, 6.45) is -2.04. The molecule has 0 saturated carbocycles. The summed E-state index contributed by atoms with van der Waals surface area (Å²) in [5.74, 6) is 0.461. The number of hydrogen-bond donors (Lipinski definition) is 1. The Balaban J connectivity index is 2.01. The van der Waals surface area contributed by atoms with Gasteiger partial charge in [-0.2, -0.15) is 13.2 Å². The third-order valence-corrected chi connectivity index (χ3v) is 4.93. The van der Waals surface area contributed by atoms with E-state index in [1.165, 1.54) is 6.07 Å². The molecule has 1 N–H and O–H groups in total. The molecule has 2 heterocycles. The van der Waals surface area contributed by atoms with Gasteiger partial charge in [-0.1, -0.05) is 23.7 Å². The standard InChI is InChI=1S/C21H15ClF3N3O/c1-12(29)13-2-4-15(5-3-13)28-19-11-17(22)16(21(23,24)25)10-18(19)27-20(28)14-6-8-26-9-7-14/h2-12,29H,1H3. The maximum Gasteiger partial charge on any atom is 0.417 e. The fourth-order valence-corrected chi connectivity index (χ4v) is 3.44. The molecule has 0 fully saturated rings. The minimum Gasteiger partial charge on any atom is -0.389 e. The highest BCUT2D eigenvalue weighted by molar-refractivity contribution is 6.32. The van der Waals surface area contributed by atoms with Crippen molar-refractivity contribution in [3.63, 3.8) is 0 Å². The van der Waals surface area contributed by atoms with Crippen LogP contribution in [0.4, 0.5) is 13.2 Å². The first kappa shape index (κ1) is 19.4. The van der Waals surface area contributed by atoms with Crippen LogP contribution in [0.15, 0.2) is 60.9 Å². The maximum absolute atomic E-state index is 13.3. The average Bonchev–Trinajstić information content (AvgIpc) is 3.05. The summed E-state index contributed by atoms with van der Waals surface area (Å²) >= 11 is 5.97. The number of aromatic nitrogens is 3. The van der Waals surface area contributed by atoms with Crippen molar-refractivity contribution >= 4 is 22.6 Å². The molecule has 0 aliphatic carbocycles. The van der Waals surface area contributed by atoms with Gasteiger partial charge in [0.05, 0.1) is 27.7 Å². The van der Waals surface area contributed by atoms with Crippen molar-refractivity contribution in [2.45, 2.75) is 19.2 Å². The van der Waals surface area contributed by atoms with Crippen molar-refractivity contribution in [1.29, 1.82) is 0 Å². The first-order valence-electron chi connectivity index (χ1n) is 8.73. The van der Waals surface area contributed by atoms with Gasteiger partial charge in [-0.05, 0) is 48.9 Å². The van der Waals surface area contributed by atoms with Crippen LogP contribution in [0, 0.1) is 0 Å². The third kappa shape index (κ3) is 3.59. The van der Waals surface area contributed by atoms with E-state index in [9.17, 15) is 18.3 Å². The lowest BCUT2D eigenvalue weighted by atomic mass is 10.1. The summed E-state index contributed by atoms with van der Waals surface area (Å²) in [7, 11) is 0. The van der Waals surface area contributed by atoms with Crippen LogP contribution in [0.2, 0.25) is 5.02 Å². The highest BCUT2D eigenvalue weighted by atomic mass is 35.5. The van der Waals surface area contributed by atoms with Crippen LogP contribution in [0.1, 0.15) is 24.2 Å². The molecule has 1 atom stereocenters. The molecule has 4 rings (SSSR count). The summed E-state index contributed by atoms with van der Waals surface area (Å²) < 4.78 is 41.6. The quantitative estimate of drug-likeness (QED) is 0.457. The largest absolute Gasteiger partial charge is 0.417 e. The minimum absolute atomic E-state index is 0.174. The number of aliphatic hydroxyl groups excluding tert-OH is 1. The molecule has 0 radical (unpaired) electrons. The van der Waals surface area contributed by atoms with Crippen LogP contribution in [-0.2, 0) is 6.18 Å². The molecule has 2 aromatic heterocycles. The van der Waals surface area contributed by atoms with Crippen LogP contribution in [0.25, 0.3) is 28.1 Å². The second-order valence-electron chi connectivity index (χ2n) is 6.59. The molecule has 2 aromatic carbocycles. The van der Waals surface area contributed by atoms with E-state index >= 15 is 0 Å². The molecule has 0 saturated heterocycles. The Morgan fingerprint density at radius 1 is 1.03 bits per heavy atom. The van der Waals surface area contributed by atoms with Crippen LogP contribution in [0.3, 0.4) is 0 Å². The number of fused-ring (bicyclic) bond motifs is 1. The van der Waals surface area contributed by atoms with Crippen LogP contribution in [0.5, 0.6) is 0 Å². The van der Waals surface area contributed by atoms with E-state index in [4.69, 9.17) is 11.6 Å². The first-order valence-corrected chi connectivity index (χ1v) is 9.11. The van der Waals surface area contributed by atoms with Gasteiger partial charge in [-0.25, -0.2) is 4.98 Å². The number of aliphatic hydroxyl groups is 1. The molecule has 8 heteroatoms. The molecule has 0 amide bonds. The van der Waals surface area contributed by atoms with Gasteiger partial charge in [0.2, 0.25) is 0 Å².